The Balaban J connectivity index is 0.000000583. The van der Waals surface area contributed by atoms with Crippen molar-refractivity contribution in [2.24, 2.45) is 0 Å². The summed E-state index contributed by atoms with van der Waals surface area (Å²) in [6.07, 6.45) is 0. The van der Waals surface area contributed by atoms with E-state index in [0.29, 0.717) is 0 Å². The average Bonchev–Trinajstić information content (AvgIpc) is 3.03. The van der Waals surface area contributed by atoms with Gasteiger partial charge in [0.1, 0.15) is 0 Å². The molecule has 0 atom stereocenters. The molecule has 0 aliphatic rings. The Bertz CT molecular complexity index is 1130. The van der Waals surface area contributed by atoms with Gasteiger partial charge in [0.25, 0.3) is 0 Å². The summed E-state index contributed by atoms with van der Waals surface area (Å²) in [5, 5.41) is 9.26. The van der Waals surface area contributed by atoms with Crippen LogP contribution in [0.3, 0.4) is 0 Å². The van der Waals surface area contributed by atoms with Crippen LogP contribution in [-0.4, -0.2) is 0 Å². The molecule has 0 aliphatic heterocycles. The topological polar surface area (TPSA) is 24.1 Å². The number of para-hydroxylation sites is 3. The van der Waals surface area contributed by atoms with Gasteiger partial charge in [-0.05, 0) is 47.9 Å². The zero-order valence-electron chi connectivity index (χ0n) is 24.7. The van der Waals surface area contributed by atoms with Gasteiger partial charge in [-0.3, -0.25) is 0 Å². The molecule has 5 aromatic carbocycles. The predicted octanol–water partition coefficient (Wildman–Crippen LogP) is 12.1. The lowest BCUT2D eigenvalue weighted by molar-refractivity contribution is 1.50. The minimum absolute atomic E-state index is 1.11. The molecule has 0 aliphatic carbocycles. The average molecular weight is 509 g/mol. The normalized spacial score (nSPS) is 8.53. The number of rotatable bonds is 4. The zero-order chi connectivity index (χ0) is 28.4. The van der Waals surface area contributed by atoms with Crippen LogP contribution in [0.25, 0.3) is 10.8 Å². The van der Waals surface area contributed by atoms with E-state index in [9.17, 15) is 0 Å². The van der Waals surface area contributed by atoms with Crippen LogP contribution in [0.4, 0.5) is 22.7 Å². The number of anilines is 4. The van der Waals surface area contributed by atoms with Crippen molar-refractivity contribution in [1.29, 1.82) is 0 Å². The molecule has 2 N–H and O–H groups in total. The van der Waals surface area contributed by atoms with Gasteiger partial charge in [-0.2, -0.15) is 0 Å². The van der Waals surface area contributed by atoms with E-state index in [4.69, 9.17) is 0 Å². The largest absolute Gasteiger partial charge is 0.356 e. The number of benzene rings is 5. The summed E-state index contributed by atoms with van der Waals surface area (Å²) >= 11 is 0. The maximum absolute atomic E-state index is 3.45. The Kier molecular flexibility index (Phi) is 20.9. The van der Waals surface area contributed by atoms with Crippen molar-refractivity contribution in [2.45, 2.75) is 55.4 Å². The second-order valence-electron chi connectivity index (χ2n) is 6.87. The van der Waals surface area contributed by atoms with Gasteiger partial charge < -0.3 is 10.6 Å². The number of nitrogens with one attached hydrogen (secondary N) is 2. The Morgan fingerprint density at radius 2 is 0.658 bits per heavy atom. The Labute approximate surface area is 232 Å². The third kappa shape index (κ3) is 12.8. The van der Waals surface area contributed by atoms with Crippen LogP contribution in [0, 0.1) is 0 Å². The number of hydrogen-bond donors (Lipinski definition) is 2. The molecule has 0 bridgehead atoms. The van der Waals surface area contributed by atoms with E-state index in [2.05, 4.69) is 65.2 Å². The van der Waals surface area contributed by atoms with Crippen molar-refractivity contribution >= 4 is 33.5 Å². The van der Waals surface area contributed by atoms with Crippen LogP contribution in [0.5, 0.6) is 0 Å². The van der Waals surface area contributed by atoms with Gasteiger partial charge >= 0.3 is 0 Å². The molecule has 0 amide bonds. The van der Waals surface area contributed by atoms with Gasteiger partial charge in [-0.1, -0.05) is 146 Å². The van der Waals surface area contributed by atoms with Gasteiger partial charge in [-0.25, -0.2) is 0 Å². The highest BCUT2D eigenvalue weighted by Crippen LogP contribution is 2.26. The van der Waals surface area contributed by atoms with Gasteiger partial charge in [0.05, 0.1) is 0 Å². The minimum atomic E-state index is 1.11. The summed E-state index contributed by atoms with van der Waals surface area (Å²) in [7, 11) is 0. The summed E-state index contributed by atoms with van der Waals surface area (Å²) < 4.78 is 0. The molecule has 5 rings (SSSR count). The molecule has 2 heteroatoms. The van der Waals surface area contributed by atoms with E-state index in [1.807, 2.05) is 134 Å². The lowest BCUT2D eigenvalue weighted by Crippen LogP contribution is -1.90. The molecule has 2 nitrogen and oxygen atoms in total. The highest BCUT2D eigenvalue weighted by Gasteiger charge is 1.99. The summed E-state index contributed by atoms with van der Waals surface area (Å²) in [5.41, 5.74) is 4.50. The highest BCUT2D eigenvalue weighted by molar-refractivity contribution is 5.95. The molecule has 38 heavy (non-hydrogen) atoms. The first-order chi connectivity index (χ1) is 18.9. The number of hydrogen-bond acceptors (Lipinski definition) is 2. The fourth-order valence-electron chi connectivity index (χ4n) is 3.22. The van der Waals surface area contributed by atoms with Crippen molar-refractivity contribution in [3.63, 3.8) is 0 Å². The van der Waals surface area contributed by atoms with Crippen LogP contribution in [0.2, 0.25) is 0 Å². The zero-order valence-corrected chi connectivity index (χ0v) is 24.7. The van der Waals surface area contributed by atoms with Crippen LogP contribution < -0.4 is 10.6 Å². The summed E-state index contributed by atoms with van der Waals surface area (Å²) in [5.74, 6) is 0. The van der Waals surface area contributed by atoms with Crippen LogP contribution in [0.15, 0.2) is 133 Å². The first-order valence-electron chi connectivity index (χ1n) is 14.1. The lowest BCUT2D eigenvalue weighted by Gasteiger charge is -2.09. The highest BCUT2D eigenvalue weighted by atomic mass is 14.9. The molecular formula is C36H48N2. The number of fused-ring (bicyclic) bond motifs is 1. The standard InChI is InChI=1S/C16H13N.C12H11N.4C2H6/c1-2-9-14(10-3-1)17-16-12-6-8-13-7-4-5-11-15(13)16;1-3-7-11(8-4-1)13-12-9-5-2-6-10-12;4*1-2/h1-12,17H;1-10,13H;4*1-2H3. The van der Waals surface area contributed by atoms with Gasteiger partial charge in [0.2, 0.25) is 0 Å². The Hall–Kier alpha value is -4.04. The molecule has 0 saturated heterocycles. The quantitative estimate of drug-likeness (QED) is 0.252. The van der Waals surface area contributed by atoms with Crippen LogP contribution >= 0.6 is 0 Å². The van der Waals surface area contributed by atoms with Crippen molar-refractivity contribution in [3.8, 4) is 0 Å². The van der Waals surface area contributed by atoms with Crippen molar-refractivity contribution in [3.05, 3.63) is 133 Å². The van der Waals surface area contributed by atoms with Gasteiger partial charge in [-0.15, -0.1) is 0 Å². The SMILES string of the molecule is CC.CC.CC.CC.c1ccc(Nc2cccc3ccccc23)cc1.c1ccc(Nc2ccccc2)cc1. The molecule has 0 aromatic heterocycles. The summed E-state index contributed by atoms with van der Waals surface area (Å²) in [6.45, 7) is 16.0. The van der Waals surface area contributed by atoms with Crippen molar-refractivity contribution < 1.29 is 0 Å². The maximum atomic E-state index is 3.45. The lowest BCUT2D eigenvalue weighted by atomic mass is 10.1. The van der Waals surface area contributed by atoms with Gasteiger partial charge in [0.15, 0.2) is 0 Å². The van der Waals surface area contributed by atoms with Crippen LogP contribution in [-0.2, 0) is 0 Å². The third-order valence-electron chi connectivity index (χ3n) is 4.68. The molecule has 0 saturated carbocycles. The van der Waals surface area contributed by atoms with E-state index in [0.717, 1.165) is 22.7 Å². The summed E-state index contributed by atoms with van der Waals surface area (Å²) in [6, 6.07) is 45.2. The molecule has 0 spiro atoms. The molecule has 0 radical (unpaired) electrons. The molecule has 0 heterocycles. The molecule has 202 valence electrons. The monoisotopic (exact) mass is 508 g/mol. The first-order valence-corrected chi connectivity index (χ1v) is 14.1. The fraction of sp³-hybridized carbons (Fsp3) is 0.222. The third-order valence-corrected chi connectivity index (χ3v) is 4.68. The van der Waals surface area contributed by atoms with E-state index in [1.165, 1.54) is 10.8 Å². The van der Waals surface area contributed by atoms with E-state index in [-0.39, 0.29) is 0 Å². The molecule has 0 unspecified atom stereocenters. The summed E-state index contributed by atoms with van der Waals surface area (Å²) in [4.78, 5) is 0. The van der Waals surface area contributed by atoms with Crippen molar-refractivity contribution in [1.82, 2.24) is 0 Å². The first kappa shape index (κ1) is 34.0. The second-order valence-corrected chi connectivity index (χ2v) is 6.87. The Morgan fingerprint density at radius 1 is 0.316 bits per heavy atom. The second kappa shape index (κ2) is 23.4. The van der Waals surface area contributed by atoms with E-state index >= 15 is 0 Å². The fourth-order valence-corrected chi connectivity index (χ4v) is 3.22. The van der Waals surface area contributed by atoms with E-state index < -0.39 is 0 Å². The molecular weight excluding hydrogens is 460 g/mol. The minimum Gasteiger partial charge on any atom is -0.356 e. The van der Waals surface area contributed by atoms with E-state index in [1.54, 1.807) is 0 Å². The van der Waals surface area contributed by atoms with Crippen LogP contribution in [0.1, 0.15) is 55.4 Å². The van der Waals surface area contributed by atoms with Gasteiger partial charge in [0, 0.05) is 28.1 Å². The maximum Gasteiger partial charge on any atom is 0.0463 e. The smallest absolute Gasteiger partial charge is 0.0463 e. The molecule has 5 aromatic rings. The molecule has 0 fully saturated rings. The predicted molar refractivity (Wildman–Crippen MR) is 175 cm³/mol. The Morgan fingerprint density at radius 3 is 1.11 bits per heavy atom. The van der Waals surface area contributed by atoms with Crippen molar-refractivity contribution in [2.75, 3.05) is 10.6 Å².